The summed E-state index contributed by atoms with van der Waals surface area (Å²) in [4.78, 5) is 15.0. The van der Waals surface area contributed by atoms with Crippen molar-refractivity contribution in [2.45, 2.75) is 31.3 Å². The number of ether oxygens (including phenoxy) is 2. The molecule has 0 spiro atoms. The number of likely N-dealkylation sites (tertiary alicyclic amines) is 1. The van der Waals surface area contributed by atoms with Crippen LogP contribution < -0.4 is 9.47 Å². The number of fused-ring (bicyclic) bond motifs is 1. The molecule has 1 fully saturated rings. The summed E-state index contributed by atoms with van der Waals surface area (Å²) in [6.45, 7) is 2.17. The Bertz CT molecular complexity index is 1070. The molecule has 3 aromatic carbocycles. The number of nitrogens with zero attached hydrogens (tertiary/aromatic N) is 1. The Balaban J connectivity index is 1.41. The lowest BCUT2D eigenvalue weighted by atomic mass is 9.88. The predicted molar refractivity (Wildman–Crippen MR) is 125 cm³/mol. The molecule has 5 rings (SSSR count). The van der Waals surface area contributed by atoms with Crippen LogP contribution in [0.5, 0.6) is 11.5 Å². The van der Waals surface area contributed by atoms with E-state index in [9.17, 15) is 4.79 Å². The summed E-state index contributed by atoms with van der Waals surface area (Å²) in [5.41, 5.74) is 3.21. The number of carbonyl (C=O) groups is 1. The Morgan fingerprint density at radius 2 is 1.75 bits per heavy atom. The van der Waals surface area contributed by atoms with Crippen LogP contribution in [-0.4, -0.2) is 31.0 Å². The summed E-state index contributed by atoms with van der Waals surface area (Å²) in [6.07, 6.45) is 2.96. The Morgan fingerprint density at radius 3 is 2.50 bits per heavy atom. The molecule has 2 aliphatic rings. The molecule has 0 aliphatic carbocycles. The maximum Gasteiger partial charge on any atom is 0.319 e. The number of piperidine rings is 1. The Kier molecular flexibility index (Phi) is 5.95. The van der Waals surface area contributed by atoms with Gasteiger partial charge < -0.3 is 14.4 Å². The molecule has 0 N–H and O–H groups in total. The average molecular weight is 428 g/mol. The number of carbonyl (C=O) groups excluding carboxylic acids is 1. The van der Waals surface area contributed by atoms with Gasteiger partial charge in [0, 0.05) is 12.5 Å². The van der Waals surface area contributed by atoms with Gasteiger partial charge in [-0.05, 0) is 67.7 Å². The summed E-state index contributed by atoms with van der Waals surface area (Å²) in [7, 11) is 2.19. The third kappa shape index (κ3) is 4.42. The van der Waals surface area contributed by atoms with Gasteiger partial charge in [-0.1, -0.05) is 60.7 Å². The van der Waals surface area contributed by atoms with Gasteiger partial charge in [0.2, 0.25) is 0 Å². The first-order valence-electron chi connectivity index (χ1n) is 11.5. The fourth-order valence-electron chi connectivity index (χ4n) is 4.99. The van der Waals surface area contributed by atoms with Gasteiger partial charge >= 0.3 is 5.97 Å². The summed E-state index contributed by atoms with van der Waals surface area (Å²) < 4.78 is 12.3. The Labute approximate surface area is 189 Å². The minimum Gasteiger partial charge on any atom is -0.485 e. The molecule has 4 heteroatoms. The SMILES string of the molecule is CN1CCCC(C(Oc2ccc3c(c2)CC(c2ccccc2)C(=O)O3)c2ccccc2)C1. The molecule has 3 aromatic rings. The highest BCUT2D eigenvalue weighted by atomic mass is 16.5. The summed E-state index contributed by atoms with van der Waals surface area (Å²) in [5.74, 6) is 1.43. The number of benzene rings is 3. The van der Waals surface area contributed by atoms with Crippen molar-refractivity contribution in [2.24, 2.45) is 5.92 Å². The normalized spacial score (nSPS) is 22.0. The van der Waals surface area contributed by atoms with E-state index < -0.39 is 0 Å². The lowest BCUT2D eigenvalue weighted by Gasteiger charge is -2.35. The van der Waals surface area contributed by atoms with Crippen molar-refractivity contribution in [3.05, 3.63) is 95.6 Å². The van der Waals surface area contributed by atoms with Crippen LogP contribution in [0.3, 0.4) is 0 Å². The highest BCUT2D eigenvalue weighted by Gasteiger charge is 2.32. The van der Waals surface area contributed by atoms with Crippen molar-refractivity contribution in [1.82, 2.24) is 4.90 Å². The maximum absolute atomic E-state index is 12.6. The smallest absolute Gasteiger partial charge is 0.319 e. The van der Waals surface area contributed by atoms with E-state index in [-0.39, 0.29) is 18.0 Å². The predicted octanol–water partition coefficient (Wildman–Crippen LogP) is 5.39. The molecular weight excluding hydrogens is 398 g/mol. The van der Waals surface area contributed by atoms with E-state index in [1.54, 1.807) is 0 Å². The standard InChI is InChI=1S/C28H29NO3/c1-29-16-8-13-22(19-29)27(21-11-6-3-7-12-21)31-24-14-15-26-23(17-24)18-25(28(30)32-26)20-9-4-2-5-10-20/h2-7,9-12,14-15,17,22,25,27H,8,13,16,18-19H2,1H3. The molecule has 0 aromatic heterocycles. The van der Waals surface area contributed by atoms with E-state index >= 15 is 0 Å². The van der Waals surface area contributed by atoms with Crippen LogP contribution in [0.2, 0.25) is 0 Å². The highest BCUT2D eigenvalue weighted by Crippen LogP contribution is 2.38. The lowest BCUT2D eigenvalue weighted by molar-refractivity contribution is -0.137. The van der Waals surface area contributed by atoms with Crippen molar-refractivity contribution in [2.75, 3.05) is 20.1 Å². The second kappa shape index (κ2) is 9.17. The topological polar surface area (TPSA) is 38.8 Å². The van der Waals surface area contributed by atoms with Crippen LogP contribution in [0.4, 0.5) is 0 Å². The Hall–Kier alpha value is -3.11. The van der Waals surface area contributed by atoms with Crippen LogP contribution in [0.25, 0.3) is 0 Å². The van der Waals surface area contributed by atoms with Crippen LogP contribution in [-0.2, 0) is 11.2 Å². The van der Waals surface area contributed by atoms with Gasteiger partial charge in [-0.3, -0.25) is 4.79 Å². The van der Waals surface area contributed by atoms with Gasteiger partial charge in [-0.15, -0.1) is 0 Å². The zero-order valence-electron chi connectivity index (χ0n) is 18.4. The molecule has 3 unspecified atom stereocenters. The Morgan fingerprint density at radius 1 is 1.00 bits per heavy atom. The molecule has 2 aliphatic heterocycles. The van der Waals surface area contributed by atoms with E-state index in [2.05, 4.69) is 42.3 Å². The molecular formula is C28H29NO3. The quantitative estimate of drug-likeness (QED) is 0.404. The third-order valence-corrected chi connectivity index (χ3v) is 6.63. The van der Waals surface area contributed by atoms with Crippen molar-refractivity contribution in [1.29, 1.82) is 0 Å². The van der Waals surface area contributed by atoms with Crippen LogP contribution in [0.1, 0.15) is 41.6 Å². The zero-order valence-corrected chi connectivity index (χ0v) is 18.4. The number of hydrogen-bond donors (Lipinski definition) is 0. The van der Waals surface area contributed by atoms with Gasteiger partial charge in [-0.2, -0.15) is 0 Å². The molecule has 0 amide bonds. The fraction of sp³-hybridized carbons (Fsp3) is 0.321. The zero-order chi connectivity index (χ0) is 21.9. The van der Waals surface area contributed by atoms with Crippen molar-refractivity contribution in [3.8, 4) is 11.5 Å². The number of hydrogen-bond acceptors (Lipinski definition) is 4. The average Bonchev–Trinajstić information content (AvgIpc) is 2.83. The highest BCUT2D eigenvalue weighted by molar-refractivity contribution is 5.83. The molecule has 0 bridgehead atoms. The van der Waals surface area contributed by atoms with Crippen LogP contribution in [0, 0.1) is 5.92 Å². The van der Waals surface area contributed by atoms with E-state index in [0.717, 1.165) is 36.4 Å². The molecule has 1 saturated heterocycles. The molecule has 164 valence electrons. The molecule has 32 heavy (non-hydrogen) atoms. The molecule has 3 atom stereocenters. The second-order valence-corrected chi connectivity index (χ2v) is 8.97. The first-order chi connectivity index (χ1) is 15.7. The fourth-order valence-corrected chi connectivity index (χ4v) is 4.99. The van der Waals surface area contributed by atoms with Gasteiger partial charge in [-0.25, -0.2) is 0 Å². The van der Waals surface area contributed by atoms with Crippen LogP contribution in [0.15, 0.2) is 78.9 Å². The van der Waals surface area contributed by atoms with Gasteiger partial charge in [0.25, 0.3) is 0 Å². The largest absolute Gasteiger partial charge is 0.485 e. The molecule has 4 nitrogen and oxygen atoms in total. The minimum atomic E-state index is -0.282. The molecule has 0 radical (unpaired) electrons. The number of rotatable bonds is 5. The van der Waals surface area contributed by atoms with Gasteiger partial charge in [0.15, 0.2) is 0 Å². The van der Waals surface area contributed by atoms with Gasteiger partial charge in [0.1, 0.15) is 17.6 Å². The third-order valence-electron chi connectivity index (χ3n) is 6.63. The van der Waals surface area contributed by atoms with Gasteiger partial charge in [0.05, 0.1) is 5.92 Å². The van der Waals surface area contributed by atoms with E-state index in [1.807, 2.05) is 48.5 Å². The second-order valence-electron chi connectivity index (χ2n) is 8.97. The van der Waals surface area contributed by atoms with Crippen LogP contribution >= 0.6 is 0 Å². The monoisotopic (exact) mass is 427 g/mol. The first-order valence-corrected chi connectivity index (χ1v) is 11.5. The first kappa shape index (κ1) is 20.8. The number of esters is 1. The summed E-state index contributed by atoms with van der Waals surface area (Å²) in [6, 6.07) is 26.2. The van der Waals surface area contributed by atoms with Crippen molar-refractivity contribution >= 4 is 5.97 Å². The van der Waals surface area contributed by atoms with E-state index in [4.69, 9.17) is 9.47 Å². The van der Waals surface area contributed by atoms with Crippen molar-refractivity contribution in [3.63, 3.8) is 0 Å². The summed E-state index contributed by atoms with van der Waals surface area (Å²) >= 11 is 0. The van der Waals surface area contributed by atoms with E-state index in [0.29, 0.717) is 18.1 Å². The minimum absolute atomic E-state index is 0.00642. The van der Waals surface area contributed by atoms with Crippen molar-refractivity contribution < 1.29 is 14.3 Å². The molecule has 2 heterocycles. The maximum atomic E-state index is 12.6. The summed E-state index contributed by atoms with van der Waals surface area (Å²) in [5, 5.41) is 0. The molecule has 0 saturated carbocycles. The van der Waals surface area contributed by atoms with E-state index in [1.165, 1.54) is 12.0 Å². The lowest BCUT2D eigenvalue weighted by Crippen LogP contribution is -2.36.